The van der Waals surface area contributed by atoms with E-state index in [0.717, 1.165) is 0 Å². The Hall–Kier alpha value is 0.330. The van der Waals surface area contributed by atoms with Gasteiger partial charge in [-0.25, -0.2) is 0 Å². The van der Waals surface area contributed by atoms with E-state index in [1.165, 1.54) is 0 Å². The standard InChI is InChI=1S/C24H42O18S3/c25-1-5-9(29)10(30)15(35)22(40-5)44-19-7(3-27)42-24(17(37)12(19)32)45-20-8(4-28)41-23(16(36)13(20)33)43-18-6(2-26)39-21(38)14(34)11(18)31/h5-38H,1-4H2. The fraction of sp³-hybridized carbons (Fsp3) is 1.00. The minimum absolute atomic E-state index is 0.674. The van der Waals surface area contributed by atoms with Crippen LogP contribution in [0.5, 0.6) is 0 Å². The van der Waals surface area contributed by atoms with E-state index < -0.39 is 144 Å². The summed E-state index contributed by atoms with van der Waals surface area (Å²) in [6.45, 7) is -2.78. The van der Waals surface area contributed by atoms with Gasteiger partial charge in [0.05, 0.1) is 78.8 Å². The summed E-state index contributed by atoms with van der Waals surface area (Å²) in [7, 11) is 0. The number of ether oxygens (including phenoxy) is 4. The third-order valence-corrected chi connectivity index (χ3v) is 12.9. The van der Waals surface area contributed by atoms with E-state index in [4.69, 9.17) is 18.9 Å². The first-order valence-corrected chi connectivity index (χ1v) is 16.9. The normalized spacial score (nSPS) is 52.9. The smallest absolute Gasteiger partial charge is 0.183 e. The molecule has 14 N–H and O–H groups in total. The third-order valence-electron chi connectivity index (χ3n) is 8.20. The summed E-state index contributed by atoms with van der Waals surface area (Å²) in [6, 6.07) is 0. The van der Waals surface area contributed by atoms with Crippen LogP contribution in [0.15, 0.2) is 0 Å². The van der Waals surface area contributed by atoms with Crippen LogP contribution in [0, 0.1) is 0 Å². The molecule has 0 spiro atoms. The Labute approximate surface area is 269 Å². The van der Waals surface area contributed by atoms with Gasteiger partial charge < -0.3 is 90.4 Å². The summed E-state index contributed by atoms with van der Waals surface area (Å²) < 4.78 is 22.2. The highest BCUT2D eigenvalue weighted by molar-refractivity contribution is 8.01. The summed E-state index contributed by atoms with van der Waals surface area (Å²) in [5.74, 6) is 0. The maximum absolute atomic E-state index is 11.0. The van der Waals surface area contributed by atoms with Crippen molar-refractivity contribution in [1.29, 1.82) is 0 Å². The molecule has 0 amide bonds. The highest BCUT2D eigenvalue weighted by Gasteiger charge is 2.54. The Morgan fingerprint density at radius 2 is 0.644 bits per heavy atom. The molecule has 0 aliphatic carbocycles. The lowest BCUT2D eigenvalue weighted by molar-refractivity contribution is -0.249. The van der Waals surface area contributed by atoms with Gasteiger partial charge in [0.15, 0.2) is 6.29 Å². The van der Waals surface area contributed by atoms with Crippen LogP contribution in [-0.2, 0) is 18.9 Å². The Bertz CT molecular complexity index is 923. The van der Waals surface area contributed by atoms with E-state index in [2.05, 4.69) is 0 Å². The molecule has 4 heterocycles. The lowest BCUT2D eigenvalue weighted by Gasteiger charge is -2.48. The summed E-state index contributed by atoms with van der Waals surface area (Å²) >= 11 is 2.08. The second-order valence-electron chi connectivity index (χ2n) is 11.1. The maximum Gasteiger partial charge on any atom is 0.183 e. The summed E-state index contributed by atoms with van der Waals surface area (Å²) in [4.78, 5) is 0. The van der Waals surface area contributed by atoms with Crippen LogP contribution in [0.1, 0.15) is 0 Å². The molecule has 4 fully saturated rings. The van der Waals surface area contributed by atoms with Crippen LogP contribution in [0.25, 0.3) is 0 Å². The van der Waals surface area contributed by atoms with Crippen LogP contribution < -0.4 is 0 Å². The fourth-order valence-corrected chi connectivity index (χ4v) is 10.0. The molecule has 45 heavy (non-hydrogen) atoms. The van der Waals surface area contributed by atoms with Gasteiger partial charge in [-0.2, -0.15) is 0 Å². The van der Waals surface area contributed by atoms with Gasteiger partial charge in [-0.05, 0) is 0 Å². The predicted molar refractivity (Wildman–Crippen MR) is 153 cm³/mol. The van der Waals surface area contributed by atoms with E-state index in [-0.39, 0.29) is 0 Å². The van der Waals surface area contributed by atoms with Crippen molar-refractivity contribution in [2.24, 2.45) is 0 Å². The summed E-state index contributed by atoms with van der Waals surface area (Å²) in [5.41, 5.74) is -4.00. The van der Waals surface area contributed by atoms with E-state index >= 15 is 0 Å². The molecular formula is C24H42O18S3. The Balaban J connectivity index is 1.43. The van der Waals surface area contributed by atoms with Gasteiger partial charge in [0.2, 0.25) is 0 Å². The molecule has 4 rings (SSSR count). The highest BCUT2D eigenvalue weighted by Crippen LogP contribution is 2.44. The van der Waals surface area contributed by atoms with Crippen molar-refractivity contribution in [2.75, 3.05) is 26.4 Å². The van der Waals surface area contributed by atoms with Crippen LogP contribution in [0.3, 0.4) is 0 Å². The number of aliphatic hydroxyl groups is 14. The van der Waals surface area contributed by atoms with Gasteiger partial charge in [0.1, 0.15) is 59.0 Å². The van der Waals surface area contributed by atoms with E-state index in [0.29, 0.717) is 35.3 Å². The maximum atomic E-state index is 11.0. The van der Waals surface area contributed by atoms with E-state index in [1.807, 2.05) is 0 Å². The number of aliphatic hydroxyl groups excluding tert-OH is 14. The zero-order valence-electron chi connectivity index (χ0n) is 23.5. The molecule has 18 nitrogen and oxygen atoms in total. The molecule has 4 aliphatic rings. The second kappa shape index (κ2) is 16.4. The zero-order chi connectivity index (χ0) is 33.3. The fourth-order valence-electron chi connectivity index (χ4n) is 5.55. The molecule has 0 aromatic carbocycles. The van der Waals surface area contributed by atoms with Crippen molar-refractivity contribution in [1.82, 2.24) is 0 Å². The Morgan fingerprint density at radius 1 is 0.333 bits per heavy atom. The van der Waals surface area contributed by atoms with Crippen molar-refractivity contribution in [3.8, 4) is 0 Å². The van der Waals surface area contributed by atoms with Crippen molar-refractivity contribution < 1.29 is 90.4 Å². The highest BCUT2D eigenvalue weighted by atomic mass is 32.2. The average Bonchev–Trinajstić information content (AvgIpc) is 3.03. The number of thioether (sulfide) groups is 3. The molecule has 264 valence electrons. The van der Waals surface area contributed by atoms with E-state index in [9.17, 15) is 71.5 Å². The lowest BCUT2D eigenvalue weighted by Crippen LogP contribution is -2.62. The molecular weight excluding hydrogens is 672 g/mol. The Kier molecular flexibility index (Phi) is 13.9. The second-order valence-corrected chi connectivity index (χ2v) is 15.0. The number of hydrogen-bond acceptors (Lipinski definition) is 21. The molecule has 4 aliphatic heterocycles. The Morgan fingerprint density at radius 3 is 1.02 bits per heavy atom. The third kappa shape index (κ3) is 7.89. The van der Waals surface area contributed by atoms with Crippen molar-refractivity contribution >= 4 is 35.3 Å². The zero-order valence-corrected chi connectivity index (χ0v) is 25.9. The monoisotopic (exact) mass is 714 g/mol. The lowest BCUT2D eigenvalue weighted by atomic mass is 10.0. The number of rotatable bonds is 10. The molecule has 0 bridgehead atoms. The van der Waals surface area contributed by atoms with Crippen molar-refractivity contribution in [2.45, 2.75) is 118 Å². The van der Waals surface area contributed by atoms with Crippen LogP contribution >= 0.6 is 35.3 Å². The molecule has 4 saturated heterocycles. The number of hydrogen-bond donors (Lipinski definition) is 14. The molecule has 20 unspecified atom stereocenters. The first-order chi connectivity index (χ1) is 21.3. The topological polar surface area (TPSA) is 320 Å². The predicted octanol–water partition coefficient (Wildman–Crippen LogP) is -7.60. The van der Waals surface area contributed by atoms with Crippen LogP contribution in [0.4, 0.5) is 0 Å². The minimum Gasteiger partial charge on any atom is -0.394 e. The average molecular weight is 715 g/mol. The first-order valence-electron chi connectivity index (χ1n) is 14.1. The molecule has 21 heteroatoms. The first kappa shape index (κ1) is 38.1. The quantitative estimate of drug-likeness (QED) is 0.0999. The minimum atomic E-state index is -1.78. The van der Waals surface area contributed by atoms with Crippen LogP contribution in [0.2, 0.25) is 0 Å². The molecule has 0 radical (unpaired) electrons. The van der Waals surface area contributed by atoms with Gasteiger partial charge in [0, 0.05) is 0 Å². The molecule has 0 aromatic heterocycles. The molecule has 0 aromatic rings. The van der Waals surface area contributed by atoms with Crippen LogP contribution in [-0.4, -0.2) is 216 Å². The molecule has 0 saturated carbocycles. The van der Waals surface area contributed by atoms with E-state index in [1.54, 1.807) is 0 Å². The molecule has 20 atom stereocenters. The van der Waals surface area contributed by atoms with Gasteiger partial charge >= 0.3 is 0 Å². The summed E-state index contributed by atoms with van der Waals surface area (Å²) in [5, 5.41) is 140. The largest absolute Gasteiger partial charge is 0.394 e. The van der Waals surface area contributed by atoms with Crippen molar-refractivity contribution in [3.05, 3.63) is 0 Å². The van der Waals surface area contributed by atoms with Gasteiger partial charge in [-0.15, -0.1) is 35.3 Å². The van der Waals surface area contributed by atoms with Gasteiger partial charge in [-0.3, -0.25) is 0 Å². The SMILES string of the molecule is OCC1OC(SC2C(CO)OC(SC3C(CO)OC(SC4C(CO)OC(O)C(O)C4O)C(O)C3O)C(O)C2O)C(O)C(O)C1O. The van der Waals surface area contributed by atoms with Gasteiger partial charge in [0.25, 0.3) is 0 Å². The van der Waals surface area contributed by atoms with Gasteiger partial charge in [-0.1, -0.05) is 0 Å². The summed E-state index contributed by atoms with van der Waals surface area (Å²) in [6.07, 6.45) is -21.7. The van der Waals surface area contributed by atoms with Crippen molar-refractivity contribution in [3.63, 3.8) is 0 Å².